The largest absolute Gasteiger partial charge is 0.489 e. The van der Waals surface area contributed by atoms with E-state index in [1.165, 1.54) is 6.07 Å². The van der Waals surface area contributed by atoms with Gasteiger partial charge in [-0.2, -0.15) is 4.98 Å². The van der Waals surface area contributed by atoms with Crippen LogP contribution in [0.1, 0.15) is 19.4 Å². The molecule has 0 saturated carbocycles. The minimum atomic E-state index is -0.256. The molecule has 0 amide bonds. The molecule has 0 aliphatic carbocycles. The first-order valence-electron chi connectivity index (χ1n) is 8.45. The Morgan fingerprint density at radius 2 is 1.81 bits per heavy atom. The Bertz CT molecular complexity index is 870. The molecule has 1 heterocycles. The van der Waals surface area contributed by atoms with E-state index in [4.69, 9.17) is 4.74 Å². The Labute approximate surface area is 152 Å². The molecule has 26 heavy (non-hydrogen) atoms. The first kappa shape index (κ1) is 17.7. The Morgan fingerprint density at radius 3 is 2.62 bits per heavy atom. The average Bonchev–Trinajstić information content (AvgIpc) is 2.63. The van der Waals surface area contributed by atoms with Crippen LogP contribution in [0.25, 0.3) is 0 Å². The predicted octanol–water partition coefficient (Wildman–Crippen LogP) is 4.76. The van der Waals surface area contributed by atoms with E-state index in [2.05, 4.69) is 20.6 Å². The van der Waals surface area contributed by atoms with Gasteiger partial charge in [0.1, 0.15) is 17.4 Å². The van der Waals surface area contributed by atoms with Gasteiger partial charge in [-0.05, 0) is 38.1 Å². The minimum Gasteiger partial charge on any atom is -0.489 e. The summed E-state index contributed by atoms with van der Waals surface area (Å²) in [6, 6.07) is 16.1. The number of halogens is 1. The van der Waals surface area contributed by atoms with E-state index < -0.39 is 0 Å². The summed E-state index contributed by atoms with van der Waals surface area (Å²) in [5.74, 6) is 1.53. The Balaban J connectivity index is 1.71. The van der Waals surface area contributed by atoms with Crippen molar-refractivity contribution >= 4 is 17.5 Å². The van der Waals surface area contributed by atoms with Gasteiger partial charge in [-0.3, -0.25) is 0 Å². The zero-order valence-corrected chi connectivity index (χ0v) is 14.7. The van der Waals surface area contributed by atoms with E-state index in [0.717, 1.165) is 11.4 Å². The molecule has 3 aromatic rings. The highest BCUT2D eigenvalue weighted by molar-refractivity contribution is 5.64. The molecular weight excluding hydrogens is 331 g/mol. The number of nitrogens with one attached hydrogen (secondary N) is 2. The summed E-state index contributed by atoms with van der Waals surface area (Å²) >= 11 is 0. The van der Waals surface area contributed by atoms with Crippen LogP contribution in [0.3, 0.4) is 0 Å². The number of rotatable bonds is 7. The van der Waals surface area contributed by atoms with Crippen molar-refractivity contribution < 1.29 is 9.13 Å². The number of para-hydroxylation sites is 2. The van der Waals surface area contributed by atoms with Crippen LogP contribution in [0.5, 0.6) is 5.75 Å². The topological polar surface area (TPSA) is 59.1 Å². The lowest BCUT2D eigenvalue weighted by Gasteiger charge is -2.15. The molecule has 0 atom stereocenters. The van der Waals surface area contributed by atoms with Crippen molar-refractivity contribution in [3.05, 3.63) is 72.2 Å². The van der Waals surface area contributed by atoms with E-state index in [-0.39, 0.29) is 11.9 Å². The van der Waals surface area contributed by atoms with Crippen LogP contribution >= 0.6 is 0 Å². The molecule has 5 nitrogen and oxygen atoms in total. The molecule has 6 heteroatoms. The molecule has 0 saturated heterocycles. The predicted molar refractivity (Wildman–Crippen MR) is 101 cm³/mol. The Hall–Kier alpha value is -3.15. The van der Waals surface area contributed by atoms with E-state index in [9.17, 15) is 4.39 Å². The molecule has 0 bridgehead atoms. The van der Waals surface area contributed by atoms with E-state index in [1.807, 2.05) is 38.1 Å². The van der Waals surface area contributed by atoms with Crippen molar-refractivity contribution in [3.8, 4) is 5.75 Å². The molecule has 1 aromatic heterocycles. The third kappa shape index (κ3) is 4.69. The summed E-state index contributed by atoms with van der Waals surface area (Å²) in [7, 11) is 0. The van der Waals surface area contributed by atoms with Crippen LogP contribution in [0.2, 0.25) is 0 Å². The van der Waals surface area contributed by atoms with E-state index >= 15 is 0 Å². The molecule has 0 unspecified atom stereocenters. The molecule has 134 valence electrons. The SMILES string of the molecule is CC(C)Oc1ccccc1Nc1ccnc(NCc2ccccc2F)n1. The van der Waals surface area contributed by atoms with Crippen molar-refractivity contribution in [2.24, 2.45) is 0 Å². The van der Waals surface area contributed by atoms with Crippen molar-refractivity contribution in [2.45, 2.75) is 26.5 Å². The van der Waals surface area contributed by atoms with E-state index in [0.29, 0.717) is 23.9 Å². The minimum absolute atomic E-state index is 0.0707. The lowest BCUT2D eigenvalue weighted by atomic mass is 10.2. The van der Waals surface area contributed by atoms with Crippen LogP contribution in [0.15, 0.2) is 60.8 Å². The van der Waals surface area contributed by atoms with Gasteiger partial charge in [0.2, 0.25) is 5.95 Å². The van der Waals surface area contributed by atoms with Gasteiger partial charge in [0.25, 0.3) is 0 Å². The number of nitrogens with zero attached hydrogens (tertiary/aromatic N) is 2. The molecule has 0 aliphatic heterocycles. The summed E-state index contributed by atoms with van der Waals surface area (Å²) in [6.07, 6.45) is 1.71. The number of aromatic nitrogens is 2. The fraction of sp³-hybridized carbons (Fsp3) is 0.200. The van der Waals surface area contributed by atoms with Crippen molar-refractivity contribution in [3.63, 3.8) is 0 Å². The molecule has 0 radical (unpaired) electrons. The second-order valence-corrected chi connectivity index (χ2v) is 6.00. The molecule has 0 fully saturated rings. The maximum absolute atomic E-state index is 13.7. The highest BCUT2D eigenvalue weighted by Gasteiger charge is 2.07. The summed E-state index contributed by atoms with van der Waals surface area (Å²) in [6.45, 7) is 4.27. The van der Waals surface area contributed by atoms with Crippen molar-refractivity contribution in [2.75, 3.05) is 10.6 Å². The van der Waals surface area contributed by atoms with Crippen LogP contribution < -0.4 is 15.4 Å². The van der Waals surface area contributed by atoms with Gasteiger partial charge in [-0.15, -0.1) is 0 Å². The van der Waals surface area contributed by atoms with Gasteiger partial charge in [0, 0.05) is 18.3 Å². The third-order valence-corrected chi connectivity index (χ3v) is 3.56. The van der Waals surface area contributed by atoms with Gasteiger partial charge < -0.3 is 15.4 Å². The van der Waals surface area contributed by atoms with E-state index in [1.54, 1.807) is 30.5 Å². The maximum atomic E-state index is 13.7. The summed E-state index contributed by atoms with van der Waals surface area (Å²) in [5.41, 5.74) is 1.38. The second kappa shape index (κ2) is 8.29. The van der Waals surface area contributed by atoms with Crippen molar-refractivity contribution in [1.29, 1.82) is 0 Å². The van der Waals surface area contributed by atoms with Gasteiger partial charge in [-0.1, -0.05) is 30.3 Å². The molecule has 2 aromatic carbocycles. The highest BCUT2D eigenvalue weighted by Crippen LogP contribution is 2.27. The second-order valence-electron chi connectivity index (χ2n) is 6.00. The summed E-state index contributed by atoms with van der Waals surface area (Å²) < 4.78 is 19.5. The molecule has 0 aliphatic rings. The zero-order valence-electron chi connectivity index (χ0n) is 14.7. The number of hydrogen-bond donors (Lipinski definition) is 2. The highest BCUT2D eigenvalue weighted by atomic mass is 19.1. The lowest BCUT2D eigenvalue weighted by Crippen LogP contribution is -2.08. The van der Waals surface area contributed by atoms with Crippen LogP contribution in [0.4, 0.5) is 21.8 Å². The van der Waals surface area contributed by atoms with Crippen LogP contribution in [0, 0.1) is 5.82 Å². The van der Waals surface area contributed by atoms with Gasteiger partial charge >= 0.3 is 0 Å². The standard InChI is InChI=1S/C20H21FN4O/c1-14(2)26-18-10-6-5-9-17(18)24-19-11-12-22-20(25-19)23-13-15-7-3-4-8-16(15)21/h3-12,14H,13H2,1-2H3,(H2,22,23,24,25). The zero-order chi connectivity index (χ0) is 18.4. The third-order valence-electron chi connectivity index (χ3n) is 3.56. The maximum Gasteiger partial charge on any atom is 0.224 e. The van der Waals surface area contributed by atoms with Crippen molar-refractivity contribution in [1.82, 2.24) is 9.97 Å². The van der Waals surface area contributed by atoms with Crippen LogP contribution in [-0.4, -0.2) is 16.1 Å². The fourth-order valence-corrected chi connectivity index (χ4v) is 2.39. The monoisotopic (exact) mass is 352 g/mol. The molecule has 2 N–H and O–H groups in total. The lowest BCUT2D eigenvalue weighted by molar-refractivity contribution is 0.244. The number of ether oxygens (including phenoxy) is 1. The van der Waals surface area contributed by atoms with Crippen LogP contribution in [-0.2, 0) is 6.54 Å². The first-order chi connectivity index (χ1) is 12.6. The van der Waals surface area contributed by atoms with Gasteiger partial charge in [0.05, 0.1) is 11.8 Å². The quantitative estimate of drug-likeness (QED) is 0.642. The number of benzene rings is 2. The smallest absolute Gasteiger partial charge is 0.224 e. The molecular formula is C20H21FN4O. The Morgan fingerprint density at radius 1 is 1.04 bits per heavy atom. The van der Waals surface area contributed by atoms with Gasteiger partial charge in [0.15, 0.2) is 0 Å². The fourth-order valence-electron chi connectivity index (χ4n) is 2.39. The normalized spacial score (nSPS) is 10.6. The summed E-state index contributed by atoms with van der Waals surface area (Å²) in [5, 5.41) is 6.28. The Kier molecular flexibility index (Phi) is 5.63. The number of anilines is 3. The average molecular weight is 352 g/mol. The molecule has 0 spiro atoms. The number of hydrogen-bond acceptors (Lipinski definition) is 5. The molecule has 3 rings (SSSR count). The first-order valence-corrected chi connectivity index (χ1v) is 8.45. The van der Waals surface area contributed by atoms with Gasteiger partial charge in [-0.25, -0.2) is 9.37 Å². The summed E-state index contributed by atoms with van der Waals surface area (Å²) in [4.78, 5) is 8.60.